The predicted molar refractivity (Wildman–Crippen MR) is 68.5 cm³/mol. The highest BCUT2D eigenvalue weighted by Gasteiger charge is 2.17. The first-order valence-electron chi connectivity index (χ1n) is 5.80. The Morgan fingerprint density at radius 2 is 2.19 bits per heavy atom. The van der Waals surface area contributed by atoms with Gasteiger partial charge < -0.3 is 19.7 Å². The Bertz CT molecular complexity index is 683. The monoisotopic (exact) mass is 294 g/mol. The number of rotatable bonds is 5. The zero-order valence-corrected chi connectivity index (χ0v) is 10.9. The van der Waals surface area contributed by atoms with Gasteiger partial charge in [-0.2, -0.15) is 0 Å². The van der Waals surface area contributed by atoms with Gasteiger partial charge in [-0.25, -0.2) is 9.18 Å². The number of hydrogen-bond acceptors (Lipinski definition) is 5. The Labute approximate surface area is 118 Å². The molecule has 0 unspecified atom stereocenters. The molecule has 7 nitrogen and oxygen atoms in total. The van der Waals surface area contributed by atoms with Crippen molar-refractivity contribution < 1.29 is 28.3 Å². The smallest absolute Gasteiger partial charge is 0.337 e. The van der Waals surface area contributed by atoms with Crippen LogP contribution >= 0.6 is 0 Å². The number of carboxylic acid groups (broad SMARTS) is 1. The SMILES string of the molecule is COCc1cc(C(=O)Nc2cc(F)ccc2C(=O)O)no1. The lowest BCUT2D eigenvalue weighted by molar-refractivity contribution is 0.0698. The highest BCUT2D eigenvalue weighted by atomic mass is 19.1. The summed E-state index contributed by atoms with van der Waals surface area (Å²) in [6.45, 7) is 0.140. The van der Waals surface area contributed by atoms with E-state index in [2.05, 4.69) is 10.5 Å². The average Bonchev–Trinajstić information content (AvgIpc) is 2.87. The number of methoxy groups -OCH3 is 1. The van der Waals surface area contributed by atoms with E-state index in [-0.39, 0.29) is 23.6 Å². The second kappa shape index (κ2) is 6.14. The maximum atomic E-state index is 13.2. The molecular weight excluding hydrogens is 283 g/mol. The lowest BCUT2D eigenvalue weighted by Crippen LogP contribution is -2.15. The molecule has 2 N–H and O–H groups in total. The fraction of sp³-hybridized carbons (Fsp3) is 0.154. The van der Waals surface area contributed by atoms with Crippen LogP contribution in [0.1, 0.15) is 26.6 Å². The summed E-state index contributed by atoms with van der Waals surface area (Å²) in [5.74, 6) is -2.34. The molecule has 0 spiro atoms. The van der Waals surface area contributed by atoms with Crippen molar-refractivity contribution in [2.24, 2.45) is 0 Å². The number of halogens is 1. The molecule has 1 heterocycles. The molecule has 0 saturated carbocycles. The summed E-state index contributed by atoms with van der Waals surface area (Å²) in [6, 6.07) is 4.31. The topological polar surface area (TPSA) is 102 Å². The summed E-state index contributed by atoms with van der Waals surface area (Å²) in [7, 11) is 1.45. The van der Waals surface area contributed by atoms with E-state index in [1.807, 2.05) is 0 Å². The van der Waals surface area contributed by atoms with Gasteiger partial charge in [-0.05, 0) is 18.2 Å². The van der Waals surface area contributed by atoms with E-state index in [1.165, 1.54) is 13.2 Å². The van der Waals surface area contributed by atoms with Crippen molar-refractivity contribution in [3.63, 3.8) is 0 Å². The van der Waals surface area contributed by atoms with Crippen LogP contribution in [0.4, 0.5) is 10.1 Å². The largest absolute Gasteiger partial charge is 0.478 e. The number of nitrogens with zero attached hydrogens (tertiary/aromatic N) is 1. The van der Waals surface area contributed by atoms with Crippen LogP contribution in [0.5, 0.6) is 0 Å². The molecule has 2 aromatic rings. The van der Waals surface area contributed by atoms with Crippen LogP contribution in [0.15, 0.2) is 28.8 Å². The molecule has 0 saturated heterocycles. The predicted octanol–water partition coefficient (Wildman–Crippen LogP) is 1.91. The molecule has 8 heteroatoms. The maximum absolute atomic E-state index is 13.2. The summed E-state index contributed by atoms with van der Waals surface area (Å²) in [6.07, 6.45) is 0. The van der Waals surface area contributed by atoms with Crippen molar-refractivity contribution >= 4 is 17.6 Å². The number of aromatic nitrogens is 1. The number of anilines is 1. The summed E-state index contributed by atoms with van der Waals surface area (Å²) in [4.78, 5) is 22.9. The number of nitrogens with one attached hydrogen (secondary N) is 1. The van der Waals surface area contributed by atoms with Gasteiger partial charge in [-0.1, -0.05) is 5.16 Å². The van der Waals surface area contributed by atoms with E-state index in [0.29, 0.717) is 5.76 Å². The summed E-state index contributed by atoms with van der Waals surface area (Å²) < 4.78 is 22.8. The Morgan fingerprint density at radius 1 is 1.43 bits per heavy atom. The molecule has 2 rings (SSSR count). The van der Waals surface area contributed by atoms with E-state index < -0.39 is 17.7 Å². The number of benzene rings is 1. The van der Waals surface area contributed by atoms with Crippen LogP contribution < -0.4 is 5.32 Å². The molecule has 0 aliphatic rings. The van der Waals surface area contributed by atoms with Crippen LogP contribution in [-0.4, -0.2) is 29.2 Å². The first-order chi connectivity index (χ1) is 10.0. The second-order valence-electron chi connectivity index (χ2n) is 4.06. The van der Waals surface area contributed by atoms with Crippen LogP contribution in [-0.2, 0) is 11.3 Å². The van der Waals surface area contributed by atoms with Gasteiger partial charge in [0.2, 0.25) is 0 Å². The Morgan fingerprint density at radius 3 is 2.86 bits per heavy atom. The van der Waals surface area contributed by atoms with Gasteiger partial charge in [0.15, 0.2) is 11.5 Å². The van der Waals surface area contributed by atoms with Crippen molar-refractivity contribution in [2.75, 3.05) is 12.4 Å². The van der Waals surface area contributed by atoms with Crippen molar-refractivity contribution in [3.05, 3.63) is 47.1 Å². The lowest BCUT2D eigenvalue weighted by Gasteiger charge is -2.06. The van der Waals surface area contributed by atoms with Crippen LogP contribution in [0.25, 0.3) is 0 Å². The normalized spacial score (nSPS) is 10.4. The standard InChI is InChI=1S/C13H11FN2O5/c1-20-6-8-5-11(16-21-8)12(17)15-10-4-7(14)2-3-9(10)13(18)19/h2-5H,6H2,1H3,(H,15,17)(H,18,19). The Kier molecular flexibility index (Phi) is 4.29. The fourth-order valence-corrected chi connectivity index (χ4v) is 1.62. The van der Waals surface area contributed by atoms with Gasteiger partial charge in [0, 0.05) is 13.2 Å². The minimum atomic E-state index is -1.29. The zero-order chi connectivity index (χ0) is 15.4. The second-order valence-corrected chi connectivity index (χ2v) is 4.06. The third-order valence-electron chi connectivity index (χ3n) is 2.54. The van der Waals surface area contributed by atoms with Crippen molar-refractivity contribution in [2.45, 2.75) is 6.61 Å². The van der Waals surface area contributed by atoms with Gasteiger partial charge in [0.1, 0.15) is 12.4 Å². The molecule has 0 aliphatic carbocycles. The number of carboxylic acids is 1. The van der Waals surface area contributed by atoms with Crippen molar-refractivity contribution in [1.82, 2.24) is 5.16 Å². The van der Waals surface area contributed by atoms with Crippen molar-refractivity contribution in [1.29, 1.82) is 0 Å². The highest BCUT2D eigenvalue weighted by Crippen LogP contribution is 2.18. The van der Waals surface area contributed by atoms with E-state index >= 15 is 0 Å². The van der Waals surface area contributed by atoms with E-state index in [4.69, 9.17) is 14.4 Å². The number of carbonyl (C=O) groups is 2. The zero-order valence-electron chi connectivity index (χ0n) is 10.9. The molecule has 0 bridgehead atoms. The van der Waals surface area contributed by atoms with Crippen molar-refractivity contribution in [3.8, 4) is 0 Å². The number of amides is 1. The molecule has 0 fully saturated rings. The van der Waals surface area contributed by atoms with Gasteiger partial charge in [0.25, 0.3) is 5.91 Å². The highest BCUT2D eigenvalue weighted by molar-refractivity contribution is 6.06. The Hall–Kier alpha value is -2.74. The van der Waals surface area contributed by atoms with E-state index in [1.54, 1.807) is 0 Å². The number of ether oxygens (including phenoxy) is 1. The quantitative estimate of drug-likeness (QED) is 0.873. The van der Waals surface area contributed by atoms with Crippen LogP contribution in [0.3, 0.4) is 0 Å². The first kappa shape index (κ1) is 14.7. The van der Waals surface area contributed by atoms with Gasteiger partial charge in [-0.15, -0.1) is 0 Å². The first-order valence-corrected chi connectivity index (χ1v) is 5.80. The third-order valence-corrected chi connectivity index (χ3v) is 2.54. The molecule has 0 radical (unpaired) electrons. The summed E-state index contributed by atoms with van der Waals surface area (Å²) in [5, 5.41) is 14.8. The molecule has 1 amide bonds. The van der Waals surface area contributed by atoms with E-state index in [0.717, 1.165) is 18.2 Å². The fourth-order valence-electron chi connectivity index (χ4n) is 1.62. The van der Waals surface area contributed by atoms with Gasteiger partial charge >= 0.3 is 5.97 Å². The molecule has 21 heavy (non-hydrogen) atoms. The van der Waals surface area contributed by atoms with Crippen LogP contribution in [0.2, 0.25) is 0 Å². The Balaban J connectivity index is 2.22. The van der Waals surface area contributed by atoms with Gasteiger partial charge in [0.05, 0.1) is 11.3 Å². The van der Waals surface area contributed by atoms with Crippen LogP contribution in [0, 0.1) is 5.82 Å². The number of aromatic carboxylic acids is 1. The molecule has 0 aliphatic heterocycles. The van der Waals surface area contributed by atoms with Gasteiger partial charge in [-0.3, -0.25) is 4.79 Å². The third kappa shape index (κ3) is 3.42. The summed E-state index contributed by atoms with van der Waals surface area (Å²) >= 11 is 0. The lowest BCUT2D eigenvalue weighted by atomic mass is 10.1. The minimum absolute atomic E-state index is 0.0670. The number of carbonyl (C=O) groups excluding carboxylic acids is 1. The molecular formula is C13H11FN2O5. The average molecular weight is 294 g/mol. The minimum Gasteiger partial charge on any atom is -0.478 e. The molecule has 1 aromatic carbocycles. The van der Waals surface area contributed by atoms with E-state index in [9.17, 15) is 14.0 Å². The number of hydrogen-bond donors (Lipinski definition) is 2. The maximum Gasteiger partial charge on any atom is 0.337 e. The molecule has 0 atom stereocenters. The molecule has 110 valence electrons. The molecule has 1 aromatic heterocycles. The summed E-state index contributed by atoms with van der Waals surface area (Å²) in [5.41, 5.74) is -0.461.